The first-order chi connectivity index (χ1) is 7.97. The largest absolute Gasteiger partial charge is 0.348 e. The molecule has 1 fully saturated rings. The van der Waals surface area contributed by atoms with Crippen LogP contribution in [0.3, 0.4) is 0 Å². The van der Waals surface area contributed by atoms with E-state index in [9.17, 15) is 14.9 Å². The van der Waals surface area contributed by atoms with Crippen LogP contribution < -0.4 is 11.1 Å². The number of rotatable bonds is 3. The van der Waals surface area contributed by atoms with Gasteiger partial charge >= 0.3 is 0 Å². The number of hydrogen-bond donors (Lipinski definition) is 2. The Kier molecular flexibility index (Phi) is 2.81. The summed E-state index contributed by atoms with van der Waals surface area (Å²) in [7, 11) is 0. The lowest BCUT2D eigenvalue weighted by molar-refractivity contribution is -0.384. The molecule has 2 atom stereocenters. The van der Waals surface area contributed by atoms with Crippen molar-refractivity contribution in [2.45, 2.75) is 25.4 Å². The zero-order valence-corrected chi connectivity index (χ0v) is 9.34. The number of nitrogens with two attached hydrogens (primary N) is 1. The molecule has 1 aromatic rings. The van der Waals surface area contributed by atoms with E-state index in [1.165, 1.54) is 12.1 Å². The Hall–Kier alpha value is -1.95. The summed E-state index contributed by atoms with van der Waals surface area (Å²) in [5.74, 6) is -0.310. The van der Waals surface area contributed by atoms with Crippen molar-refractivity contribution in [2.24, 2.45) is 5.73 Å². The molecule has 90 valence electrons. The summed E-state index contributed by atoms with van der Waals surface area (Å²) in [6, 6.07) is 4.34. The summed E-state index contributed by atoms with van der Waals surface area (Å²) in [5.41, 5.74) is 6.49. The van der Waals surface area contributed by atoms with Crippen LogP contribution in [-0.2, 0) is 0 Å². The Labute approximate surface area is 98.0 Å². The fraction of sp³-hybridized carbons (Fsp3) is 0.364. The van der Waals surface area contributed by atoms with Gasteiger partial charge in [0.1, 0.15) is 0 Å². The molecule has 0 heterocycles. The van der Waals surface area contributed by atoms with Crippen LogP contribution in [0.2, 0.25) is 0 Å². The van der Waals surface area contributed by atoms with Gasteiger partial charge < -0.3 is 11.1 Å². The minimum absolute atomic E-state index is 0.00192. The minimum Gasteiger partial charge on any atom is -0.348 e. The lowest BCUT2D eigenvalue weighted by atomic mass is 10.1. The first-order valence-corrected chi connectivity index (χ1v) is 5.30. The summed E-state index contributed by atoms with van der Waals surface area (Å²) < 4.78 is 0. The average Bonchev–Trinajstić information content (AvgIpc) is 2.93. The molecule has 0 aliphatic heterocycles. The number of nitro groups is 1. The number of nitro benzene ring substituents is 1. The summed E-state index contributed by atoms with van der Waals surface area (Å²) in [4.78, 5) is 21.9. The van der Waals surface area contributed by atoms with Crippen molar-refractivity contribution >= 4 is 11.6 Å². The van der Waals surface area contributed by atoms with E-state index in [0.717, 1.165) is 6.42 Å². The van der Waals surface area contributed by atoms with Crippen LogP contribution in [-0.4, -0.2) is 22.9 Å². The third kappa shape index (κ3) is 2.59. The van der Waals surface area contributed by atoms with Crippen molar-refractivity contribution in [3.63, 3.8) is 0 Å². The number of non-ortho nitro benzene ring substituents is 1. The maximum atomic E-state index is 11.8. The first kappa shape index (κ1) is 11.5. The molecule has 1 amide bonds. The number of aryl methyl sites for hydroxylation is 1. The molecular formula is C11H13N3O3. The quantitative estimate of drug-likeness (QED) is 0.596. The maximum absolute atomic E-state index is 11.8. The number of hydrogen-bond acceptors (Lipinski definition) is 4. The second kappa shape index (κ2) is 4.14. The van der Waals surface area contributed by atoms with E-state index >= 15 is 0 Å². The highest BCUT2D eigenvalue weighted by Crippen LogP contribution is 2.20. The number of carbonyl (C=O) groups excluding carboxylic acids is 1. The molecule has 3 N–H and O–H groups in total. The molecule has 1 aromatic carbocycles. The van der Waals surface area contributed by atoms with Crippen LogP contribution in [0, 0.1) is 17.0 Å². The molecule has 0 radical (unpaired) electrons. The number of amides is 1. The molecule has 2 rings (SSSR count). The van der Waals surface area contributed by atoms with E-state index in [2.05, 4.69) is 5.32 Å². The van der Waals surface area contributed by atoms with Crippen molar-refractivity contribution < 1.29 is 9.72 Å². The molecule has 17 heavy (non-hydrogen) atoms. The van der Waals surface area contributed by atoms with Gasteiger partial charge in [-0.05, 0) is 25.0 Å². The number of nitrogens with one attached hydrogen (secondary N) is 1. The van der Waals surface area contributed by atoms with Crippen LogP contribution in [0.4, 0.5) is 5.69 Å². The highest BCUT2D eigenvalue weighted by atomic mass is 16.6. The molecule has 0 aromatic heterocycles. The molecule has 1 saturated carbocycles. The fourth-order valence-corrected chi connectivity index (χ4v) is 1.63. The SMILES string of the molecule is Cc1cc(C(=O)NC2CC2N)cc([N+](=O)[O-])c1. The predicted octanol–water partition coefficient (Wildman–Crippen LogP) is 0.733. The Balaban J connectivity index is 2.19. The molecule has 6 nitrogen and oxygen atoms in total. The predicted molar refractivity (Wildman–Crippen MR) is 61.7 cm³/mol. The van der Waals surface area contributed by atoms with Gasteiger partial charge in [0, 0.05) is 29.8 Å². The number of benzene rings is 1. The smallest absolute Gasteiger partial charge is 0.270 e. The van der Waals surface area contributed by atoms with Gasteiger partial charge in [-0.15, -0.1) is 0 Å². The van der Waals surface area contributed by atoms with E-state index in [4.69, 9.17) is 5.73 Å². The third-order valence-electron chi connectivity index (χ3n) is 2.69. The molecule has 1 aliphatic carbocycles. The van der Waals surface area contributed by atoms with Crippen LogP contribution in [0.5, 0.6) is 0 Å². The van der Waals surface area contributed by atoms with E-state index in [0.29, 0.717) is 11.1 Å². The van der Waals surface area contributed by atoms with Gasteiger partial charge in [-0.3, -0.25) is 14.9 Å². The van der Waals surface area contributed by atoms with E-state index in [1.54, 1.807) is 13.0 Å². The second-order valence-corrected chi connectivity index (χ2v) is 4.29. The van der Waals surface area contributed by atoms with E-state index in [1.807, 2.05) is 0 Å². The molecule has 0 bridgehead atoms. The zero-order chi connectivity index (χ0) is 12.6. The molecule has 6 heteroatoms. The second-order valence-electron chi connectivity index (χ2n) is 4.29. The van der Waals surface area contributed by atoms with E-state index in [-0.39, 0.29) is 23.7 Å². The van der Waals surface area contributed by atoms with Crippen molar-refractivity contribution in [3.05, 3.63) is 39.4 Å². The molecule has 2 unspecified atom stereocenters. The van der Waals surface area contributed by atoms with Crippen molar-refractivity contribution in [3.8, 4) is 0 Å². The number of nitrogens with zero attached hydrogens (tertiary/aromatic N) is 1. The maximum Gasteiger partial charge on any atom is 0.270 e. The summed E-state index contributed by atoms with van der Waals surface area (Å²) >= 11 is 0. The monoisotopic (exact) mass is 235 g/mol. The standard InChI is InChI=1S/C11H13N3O3/c1-6-2-7(4-8(3-6)14(16)17)11(15)13-10-5-9(10)12/h2-4,9-10H,5,12H2,1H3,(H,13,15). The summed E-state index contributed by atoms with van der Waals surface area (Å²) in [5, 5.41) is 13.4. The van der Waals surface area contributed by atoms with Crippen LogP contribution in [0.15, 0.2) is 18.2 Å². The van der Waals surface area contributed by atoms with Gasteiger partial charge in [0.25, 0.3) is 11.6 Å². The Morgan fingerprint density at radius 2 is 2.18 bits per heavy atom. The highest BCUT2D eigenvalue weighted by Gasteiger charge is 2.35. The van der Waals surface area contributed by atoms with Crippen molar-refractivity contribution in [1.29, 1.82) is 0 Å². The lowest BCUT2D eigenvalue weighted by Crippen LogP contribution is -2.29. The van der Waals surface area contributed by atoms with Gasteiger partial charge in [-0.1, -0.05) is 0 Å². The highest BCUT2D eigenvalue weighted by molar-refractivity contribution is 5.95. The van der Waals surface area contributed by atoms with Crippen LogP contribution in [0.1, 0.15) is 22.3 Å². The third-order valence-corrected chi connectivity index (χ3v) is 2.69. The molecular weight excluding hydrogens is 222 g/mol. The van der Waals surface area contributed by atoms with Crippen molar-refractivity contribution in [2.75, 3.05) is 0 Å². The van der Waals surface area contributed by atoms with Crippen LogP contribution >= 0.6 is 0 Å². The topological polar surface area (TPSA) is 98.3 Å². The first-order valence-electron chi connectivity index (χ1n) is 5.30. The average molecular weight is 235 g/mol. The molecule has 1 aliphatic rings. The van der Waals surface area contributed by atoms with Gasteiger partial charge in [-0.2, -0.15) is 0 Å². The summed E-state index contributed by atoms with van der Waals surface area (Å²) in [6.07, 6.45) is 0.764. The Morgan fingerprint density at radius 1 is 1.53 bits per heavy atom. The fourth-order valence-electron chi connectivity index (χ4n) is 1.63. The number of carbonyl (C=O) groups is 1. The van der Waals surface area contributed by atoms with Crippen molar-refractivity contribution in [1.82, 2.24) is 5.32 Å². The van der Waals surface area contributed by atoms with Gasteiger partial charge in [-0.25, -0.2) is 0 Å². The molecule has 0 spiro atoms. The minimum atomic E-state index is -0.507. The lowest BCUT2D eigenvalue weighted by Gasteiger charge is -2.04. The van der Waals surface area contributed by atoms with Gasteiger partial charge in [0.05, 0.1) is 4.92 Å². The van der Waals surface area contributed by atoms with Gasteiger partial charge in [0.15, 0.2) is 0 Å². The van der Waals surface area contributed by atoms with Crippen LogP contribution in [0.25, 0.3) is 0 Å². The molecule has 0 saturated heterocycles. The van der Waals surface area contributed by atoms with Gasteiger partial charge in [0.2, 0.25) is 0 Å². The normalized spacial score (nSPS) is 22.0. The Bertz CT molecular complexity index is 487. The zero-order valence-electron chi connectivity index (χ0n) is 9.34. The van der Waals surface area contributed by atoms with E-state index < -0.39 is 4.92 Å². The Morgan fingerprint density at radius 3 is 2.71 bits per heavy atom. The summed E-state index contributed by atoms with van der Waals surface area (Å²) in [6.45, 7) is 1.71.